The van der Waals surface area contributed by atoms with Crippen molar-refractivity contribution >= 4 is 5.95 Å². The molecule has 0 spiro atoms. The van der Waals surface area contributed by atoms with Crippen LogP contribution in [0.4, 0.5) is 5.95 Å². The van der Waals surface area contributed by atoms with Crippen LogP contribution in [-0.2, 0) is 4.74 Å². The number of nitrogens with zero attached hydrogens (tertiary/aromatic N) is 3. The van der Waals surface area contributed by atoms with E-state index < -0.39 is 0 Å². The van der Waals surface area contributed by atoms with Crippen LogP contribution in [0.5, 0.6) is 12.0 Å². The number of nitrogens with two attached hydrogens (primary N) is 1. The van der Waals surface area contributed by atoms with Gasteiger partial charge < -0.3 is 14.2 Å². The van der Waals surface area contributed by atoms with Crippen molar-refractivity contribution in [3.8, 4) is 12.0 Å². The zero-order valence-electron chi connectivity index (χ0n) is 10.7. The number of hydrogen-bond donors (Lipinski definition) is 2. The summed E-state index contributed by atoms with van der Waals surface area (Å²) in [6.45, 7) is 3.59. The molecule has 1 aromatic rings. The van der Waals surface area contributed by atoms with Gasteiger partial charge in [-0.25, -0.2) is 5.84 Å². The first-order valence-corrected chi connectivity index (χ1v) is 5.77. The SMILES string of the molecule is CCCOc1nc(NN)nc(OCCCOC)n1. The van der Waals surface area contributed by atoms with Crippen LogP contribution < -0.4 is 20.7 Å². The van der Waals surface area contributed by atoms with Crippen LogP contribution >= 0.6 is 0 Å². The van der Waals surface area contributed by atoms with Gasteiger partial charge in [0, 0.05) is 20.1 Å². The van der Waals surface area contributed by atoms with Gasteiger partial charge in [-0.1, -0.05) is 6.92 Å². The molecule has 0 unspecified atom stereocenters. The predicted octanol–water partition coefficient (Wildman–Crippen LogP) is 0.361. The van der Waals surface area contributed by atoms with Crippen LogP contribution in [0, 0.1) is 0 Å². The summed E-state index contributed by atoms with van der Waals surface area (Å²) >= 11 is 0. The van der Waals surface area contributed by atoms with Crippen LogP contribution in [0.25, 0.3) is 0 Å². The molecular formula is C10H19N5O3. The van der Waals surface area contributed by atoms with Gasteiger partial charge in [-0.15, -0.1) is 4.98 Å². The first-order chi connectivity index (χ1) is 8.80. The Kier molecular flexibility index (Phi) is 6.74. The van der Waals surface area contributed by atoms with Gasteiger partial charge in [0.05, 0.1) is 13.2 Å². The summed E-state index contributed by atoms with van der Waals surface area (Å²) in [5.74, 6) is 5.47. The average molecular weight is 257 g/mol. The lowest BCUT2D eigenvalue weighted by atomic mass is 10.5. The van der Waals surface area contributed by atoms with Gasteiger partial charge in [-0.3, -0.25) is 5.43 Å². The van der Waals surface area contributed by atoms with E-state index >= 15 is 0 Å². The number of aromatic nitrogens is 3. The fraction of sp³-hybridized carbons (Fsp3) is 0.700. The quantitative estimate of drug-likeness (QED) is 0.371. The summed E-state index contributed by atoms with van der Waals surface area (Å²) in [7, 11) is 1.63. The van der Waals surface area contributed by atoms with Crippen molar-refractivity contribution in [2.75, 3.05) is 32.4 Å². The monoisotopic (exact) mass is 257 g/mol. The van der Waals surface area contributed by atoms with Crippen molar-refractivity contribution in [3.63, 3.8) is 0 Å². The molecule has 0 aromatic carbocycles. The summed E-state index contributed by atoms with van der Waals surface area (Å²) in [6.07, 6.45) is 1.61. The third-order valence-corrected chi connectivity index (χ3v) is 1.88. The molecule has 1 heterocycles. The Labute approximate surface area is 106 Å². The van der Waals surface area contributed by atoms with E-state index in [0.717, 1.165) is 12.8 Å². The van der Waals surface area contributed by atoms with Gasteiger partial charge >= 0.3 is 12.0 Å². The minimum atomic E-state index is 0.181. The molecule has 0 radical (unpaired) electrons. The Morgan fingerprint density at radius 3 is 2.28 bits per heavy atom. The molecule has 0 saturated carbocycles. The van der Waals surface area contributed by atoms with E-state index in [2.05, 4.69) is 20.4 Å². The average Bonchev–Trinajstić information content (AvgIpc) is 2.41. The standard InChI is InChI=1S/C10H19N5O3/c1-3-5-17-9-12-8(15-11)13-10(14-9)18-7-4-6-16-2/h3-7,11H2,1-2H3,(H,12,13,14,15). The zero-order valence-corrected chi connectivity index (χ0v) is 10.7. The fourth-order valence-electron chi connectivity index (χ4n) is 1.09. The Hall–Kier alpha value is -1.67. The number of rotatable bonds is 9. The summed E-state index contributed by atoms with van der Waals surface area (Å²) in [6, 6.07) is 0.377. The normalized spacial score (nSPS) is 10.2. The van der Waals surface area contributed by atoms with Crippen molar-refractivity contribution in [2.45, 2.75) is 19.8 Å². The Bertz CT molecular complexity index is 350. The molecule has 8 heteroatoms. The highest BCUT2D eigenvalue weighted by atomic mass is 16.5. The van der Waals surface area contributed by atoms with Gasteiger partial charge in [0.2, 0.25) is 5.95 Å². The minimum absolute atomic E-state index is 0.181. The maximum Gasteiger partial charge on any atom is 0.324 e. The molecule has 0 aliphatic heterocycles. The van der Waals surface area contributed by atoms with E-state index in [1.807, 2.05) is 6.92 Å². The van der Waals surface area contributed by atoms with Gasteiger partial charge in [0.1, 0.15) is 0 Å². The molecule has 18 heavy (non-hydrogen) atoms. The van der Waals surface area contributed by atoms with Gasteiger partial charge in [-0.2, -0.15) is 9.97 Å². The molecule has 8 nitrogen and oxygen atoms in total. The maximum atomic E-state index is 5.35. The molecular weight excluding hydrogens is 238 g/mol. The van der Waals surface area contributed by atoms with E-state index in [1.54, 1.807) is 7.11 Å². The molecule has 0 saturated heterocycles. The van der Waals surface area contributed by atoms with Crippen LogP contribution in [0.3, 0.4) is 0 Å². The molecule has 0 aliphatic rings. The molecule has 3 N–H and O–H groups in total. The lowest BCUT2D eigenvalue weighted by Crippen LogP contribution is -2.14. The Morgan fingerprint density at radius 1 is 1.06 bits per heavy atom. The number of anilines is 1. The molecule has 102 valence electrons. The number of hydrazine groups is 1. The van der Waals surface area contributed by atoms with Crippen molar-refractivity contribution in [1.29, 1.82) is 0 Å². The zero-order chi connectivity index (χ0) is 13.2. The van der Waals surface area contributed by atoms with E-state index in [-0.39, 0.29) is 18.0 Å². The largest absolute Gasteiger partial charge is 0.463 e. The van der Waals surface area contributed by atoms with Crippen LogP contribution in [0.2, 0.25) is 0 Å². The highest BCUT2D eigenvalue weighted by Gasteiger charge is 2.07. The van der Waals surface area contributed by atoms with Crippen molar-refractivity contribution in [3.05, 3.63) is 0 Å². The second kappa shape index (κ2) is 8.43. The van der Waals surface area contributed by atoms with Crippen molar-refractivity contribution in [2.24, 2.45) is 5.84 Å². The number of nitrogen functional groups attached to an aromatic ring is 1. The third kappa shape index (κ3) is 5.11. The molecule has 0 fully saturated rings. The van der Waals surface area contributed by atoms with Gasteiger partial charge in [-0.05, 0) is 6.42 Å². The highest BCUT2D eigenvalue weighted by molar-refractivity contribution is 5.25. The second-order valence-electron chi connectivity index (χ2n) is 3.41. The Morgan fingerprint density at radius 2 is 1.72 bits per heavy atom. The number of ether oxygens (including phenoxy) is 3. The molecule has 1 aromatic heterocycles. The molecule has 0 bridgehead atoms. The predicted molar refractivity (Wildman–Crippen MR) is 65.4 cm³/mol. The third-order valence-electron chi connectivity index (χ3n) is 1.88. The van der Waals surface area contributed by atoms with Gasteiger partial charge in [0.15, 0.2) is 0 Å². The molecule has 0 amide bonds. The number of hydrogen-bond acceptors (Lipinski definition) is 8. The summed E-state index contributed by atoms with van der Waals surface area (Å²) in [4.78, 5) is 11.9. The number of nitrogens with one attached hydrogen (secondary N) is 1. The summed E-state index contributed by atoms with van der Waals surface area (Å²) in [5, 5.41) is 0. The topological polar surface area (TPSA) is 104 Å². The van der Waals surface area contributed by atoms with Crippen molar-refractivity contribution in [1.82, 2.24) is 15.0 Å². The minimum Gasteiger partial charge on any atom is -0.463 e. The lowest BCUT2D eigenvalue weighted by Gasteiger charge is -2.08. The van der Waals surface area contributed by atoms with E-state index in [0.29, 0.717) is 19.8 Å². The first kappa shape index (κ1) is 14.4. The first-order valence-electron chi connectivity index (χ1n) is 5.77. The van der Waals surface area contributed by atoms with E-state index in [1.165, 1.54) is 0 Å². The van der Waals surface area contributed by atoms with E-state index in [9.17, 15) is 0 Å². The van der Waals surface area contributed by atoms with Crippen LogP contribution in [0.1, 0.15) is 19.8 Å². The fourth-order valence-corrected chi connectivity index (χ4v) is 1.09. The lowest BCUT2D eigenvalue weighted by molar-refractivity contribution is 0.167. The van der Waals surface area contributed by atoms with E-state index in [4.69, 9.17) is 20.1 Å². The highest BCUT2D eigenvalue weighted by Crippen LogP contribution is 2.12. The van der Waals surface area contributed by atoms with Crippen LogP contribution in [-0.4, -0.2) is 41.9 Å². The number of methoxy groups -OCH3 is 1. The second-order valence-corrected chi connectivity index (χ2v) is 3.41. The van der Waals surface area contributed by atoms with Crippen molar-refractivity contribution < 1.29 is 14.2 Å². The van der Waals surface area contributed by atoms with Gasteiger partial charge in [0.25, 0.3) is 0 Å². The smallest absolute Gasteiger partial charge is 0.324 e. The summed E-state index contributed by atoms with van der Waals surface area (Å²) < 4.78 is 15.6. The molecule has 1 rings (SSSR count). The summed E-state index contributed by atoms with van der Waals surface area (Å²) in [5.41, 5.74) is 2.34. The van der Waals surface area contributed by atoms with Crippen LogP contribution in [0.15, 0.2) is 0 Å². The molecule has 0 aliphatic carbocycles. The molecule has 0 atom stereocenters. The maximum absolute atomic E-state index is 5.35. The Balaban J connectivity index is 2.58.